The molecular formula is C13H8F3NO3. The van der Waals surface area contributed by atoms with Crippen molar-refractivity contribution >= 4 is 5.97 Å². The third-order valence-electron chi connectivity index (χ3n) is 2.66. The molecule has 1 heterocycles. The Balaban J connectivity index is 2.62. The average molecular weight is 283 g/mol. The summed E-state index contributed by atoms with van der Waals surface area (Å²) in [5, 5.41) is 8.71. The van der Waals surface area contributed by atoms with Gasteiger partial charge < -0.3 is 10.1 Å². The van der Waals surface area contributed by atoms with E-state index in [0.29, 0.717) is 0 Å². The summed E-state index contributed by atoms with van der Waals surface area (Å²) in [6.07, 6.45) is -4.57. The van der Waals surface area contributed by atoms with Crippen LogP contribution in [0.25, 0.3) is 11.3 Å². The van der Waals surface area contributed by atoms with Gasteiger partial charge in [0.25, 0.3) is 5.56 Å². The highest BCUT2D eigenvalue weighted by atomic mass is 19.4. The molecule has 0 unspecified atom stereocenters. The number of benzene rings is 1. The van der Waals surface area contributed by atoms with Crippen molar-refractivity contribution in [3.8, 4) is 11.3 Å². The Morgan fingerprint density at radius 2 is 1.75 bits per heavy atom. The van der Waals surface area contributed by atoms with Crippen LogP contribution in [0.4, 0.5) is 13.2 Å². The Hall–Kier alpha value is -2.57. The van der Waals surface area contributed by atoms with Crippen LogP contribution < -0.4 is 5.56 Å². The fourth-order valence-corrected chi connectivity index (χ4v) is 1.76. The molecule has 0 aliphatic rings. The molecule has 0 amide bonds. The first-order chi connectivity index (χ1) is 9.30. The van der Waals surface area contributed by atoms with Crippen LogP contribution in [-0.4, -0.2) is 16.1 Å². The Bertz CT molecular complexity index is 719. The van der Waals surface area contributed by atoms with Crippen LogP contribution in [0.15, 0.2) is 41.2 Å². The predicted octanol–water partition coefficient (Wildman–Crippen LogP) is 2.76. The average Bonchev–Trinajstić information content (AvgIpc) is 2.37. The number of alkyl halides is 3. The quantitative estimate of drug-likeness (QED) is 0.890. The maximum absolute atomic E-state index is 12.9. The number of hydrogen-bond acceptors (Lipinski definition) is 2. The van der Waals surface area contributed by atoms with E-state index < -0.39 is 28.8 Å². The van der Waals surface area contributed by atoms with E-state index in [1.54, 1.807) is 0 Å². The number of halogens is 3. The summed E-state index contributed by atoms with van der Waals surface area (Å²) in [6.45, 7) is 0. The molecule has 0 spiro atoms. The fraction of sp³-hybridized carbons (Fsp3) is 0.0769. The number of H-pyrrole nitrogens is 1. The molecule has 2 N–H and O–H groups in total. The van der Waals surface area contributed by atoms with E-state index in [1.807, 2.05) is 0 Å². The minimum atomic E-state index is -4.57. The van der Waals surface area contributed by atoms with Gasteiger partial charge in [-0.25, -0.2) is 4.79 Å². The maximum atomic E-state index is 12.9. The molecule has 1 aromatic heterocycles. The van der Waals surface area contributed by atoms with E-state index in [2.05, 4.69) is 4.98 Å². The molecule has 7 heteroatoms. The SMILES string of the molecule is O=C(O)c1ccc(-c2ccccc2C(F)(F)F)[nH]c1=O. The van der Waals surface area contributed by atoms with Crippen molar-refractivity contribution < 1.29 is 23.1 Å². The highest BCUT2D eigenvalue weighted by Crippen LogP contribution is 2.35. The number of aromatic carboxylic acids is 1. The lowest BCUT2D eigenvalue weighted by Gasteiger charge is -2.12. The maximum Gasteiger partial charge on any atom is 0.417 e. The van der Waals surface area contributed by atoms with Crippen molar-refractivity contribution in [1.82, 2.24) is 4.98 Å². The number of carbonyl (C=O) groups is 1. The summed E-state index contributed by atoms with van der Waals surface area (Å²) in [5.74, 6) is -1.44. The summed E-state index contributed by atoms with van der Waals surface area (Å²) >= 11 is 0. The van der Waals surface area contributed by atoms with Crippen molar-refractivity contribution in [2.75, 3.05) is 0 Å². The van der Waals surface area contributed by atoms with Crippen LogP contribution in [0, 0.1) is 0 Å². The molecule has 20 heavy (non-hydrogen) atoms. The van der Waals surface area contributed by atoms with Crippen molar-refractivity contribution in [2.24, 2.45) is 0 Å². The summed E-state index contributed by atoms with van der Waals surface area (Å²) in [5.41, 5.74) is -2.69. The zero-order valence-corrected chi connectivity index (χ0v) is 9.86. The Kier molecular flexibility index (Phi) is 3.35. The zero-order valence-electron chi connectivity index (χ0n) is 9.86. The van der Waals surface area contributed by atoms with Gasteiger partial charge in [-0.1, -0.05) is 18.2 Å². The van der Waals surface area contributed by atoms with E-state index in [4.69, 9.17) is 5.11 Å². The number of rotatable bonds is 2. The topological polar surface area (TPSA) is 70.2 Å². The van der Waals surface area contributed by atoms with Gasteiger partial charge in [-0.3, -0.25) is 4.79 Å². The third kappa shape index (κ3) is 2.56. The van der Waals surface area contributed by atoms with Crippen LogP contribution in [-0.2, 0) is 6.18 Å². The van der Waals surface area contributed by atoms with Gasteiger partial charge in [0.05, 0.1) is 5.56 Å². The van der Waals surface area contributed by atoms with Gasteiger partial charge >= 0.3 is 12.1 Å². The van der Waals surface area contributed by atoms with Crippen LogP contribution >= 0.6 is 0 Å². The predicted molar refractivity (Wildman–Crippen MR) is 64.5 cm³/mol. The van der Waals surface area contributed by atoms with Gasteiger partial charge in [0.2, 0.25) is 0 Å². The number of carboxylic acid groups (broad SMARTS) is 1. The van der Waals surface area contributed by atoms with Crippen molar-refractivity contribution in [3.05, 3.63) is 57.9 Å². The number of carboxylic acids is 1. The minimum Gasteiger partial charge on any atom is -0.477 e. The normalized spacial score (nSPS) is 11.3. The first-order valence-corrected chi connectivity index (χ1v) is 5.44. The smallest absolute Gasteiger partial charge is 0.417 e. The van der Waals surface area contributed by atoms with Gasteiger partial charge in [-0.2, -0.15) is 13.2 Å². The standard InChI is InChI=1S/C13H8F3NO3/c14-13(15,16)9-4-2-1-3-7(9)10-6-5-8(12(19)20)11(18)17-10/h1-6H,(H,17,18)(H,19,20). The summed E-state index contributed by atoms with van der Waals surface area (Å²) in [7, 11) is 0. The van der Waals surface area contributed by atoms with E-state index in [-0.39, 0.29) is 11.3 Å². The van der Waals surface area contributed by atoms with Crippen molar-refractivity contribution in [1.29, 1.82) is 0 Å². The zero-order chi connectivity index (χ0) is 14.9. The minimum absolute atomic E-state index is 0.0899. The molecule has 0 aliphatic heterocycles. The van der Waals surface area contributed by atoms with Crippen LogP contribution in [0.5, 0.6) is 0 Å². The molecule has 0 fully saturated rings. The number of nitrogens with one attached hydrogen (secondary N) is 1. The molecule has 0 bridgehead atoms. The summed E-state index contributed by atoms with van der Waals surface area (Å²) in [6, 6.07) is 6.83. The lowest BCUT2D eigenvalue weighted by molar-refractivity contribution is -0.137. The van der Waals surface area contributed by atoms with Gasteiger partial charge in [0.1, 0.15) is 5.56 Å². The van der Waals surface area contributed by atoms with E-state index in [1.165, 1.54) is 18.2 Å². The molecule has 0 saturated heterocycles. The molecule has 0 saturated carbocycles. The van der Waals surface area contributed by atoms with E-state index in [9.17, 15) is 22.8 Å². The van der Waals surface area contributed by atoms with Crippen molar-refractivity contribution in [3.63, 3.8) is 0 Å². The van der Waals surface area contributed by atoms with Gasteiger partial charge in [0.15, 0.2) is 0 Å². The molecule has 2 aromatic rings. The van der Waals surface area contributed by atoms with Crippen LogP contribution in [0.2, 0.25) is 0 Å². The van der Waals surface area contributed by atoms with Gasteiger partial charge in [-0.05, 0) is 18.2 Å². The fourth-order valence-electron chi connectivity index (χ4n) is 1.76. The highest BCUT2D eigenvalue weighted by molar-refractivity contribution is 5.87. The Morgan fingerprint density at radius 3 is 2.30 bits per heavy atom. The number of aromatic nitrogens is 1. The molecule has 2 rings (SSSR count). The lowest BCUT2D eigenvalue weighted by atomic mass is 10.0. The number of hydrogen-bond donors (Lipinski definition) is 2. The lowest BCUT2D eigenvalue weighted by Crippen LogP contribution is -2.18. The molecule has 0 radical (unpaired) electrons. The Labute approximate surface area is 110 Å². The highest BCUT2D eigenvalue weighted by Gasteiger charge is 2.33. The molecule has 4 nitrogen and oxygen atoms in total. The number of pyridine rings is 1. The second-order valence-electron chi connectivity index (χ2n) is 3.96. The first kappa shape index (κ1) is 13.9. The third-order valence-corrected chi connectivity index (χ3v) is 2.66. The number of aromatic amines is 1. The van der Waals surface area contributed by atoms with Crippen molar-refractivity contribution in [2.45, 2.75) is 6.18 Å². The van der Waals surface area contributed by atoms with Gasteiger partial charge in [-0.15, -0.1) is 0 Å². The second kappa shape index (κ2) is 4.84. The largest absolute Gasteiger partial charge is 0.477 e. The molecule has 1 aromatic carbocycles. The molecule has 104 valence electrons. The van der Waals surface area contributed by atoms with Crippen LogP contribution in [0.3, 0.4) is 0 Å². The summed E-state index contributed by atoms with van der Waals surface area (Å²) < 4.78 is 38.6. The summed E-state index contributed by atoms with van der Waals surface area (Å²) in [4.78, 5) is 24.3. The van der Waals surface area contributed by atoms with E-state index >= 15 is 0 Å². The monoisotopic (exact) mass is 283 g/mol. The molecular weight excluding hydrogens is 275 g/mol. The van der Waals surface area contributed by atoms with Crippen LogP contribution in [0.1, 0.15) is 15.9 Å². The van der Waals surface area contributed by atoms with E-state index in [0.717, 1.165) is 18.2 Å². The Morgan fingerprint density at radius 1 is 1.10 bits per heavy atom. The molecule has 0 aliphatic carbocycles. The first-order valence-electron chi connectivity index (χ1n) is 5.44. The van der Waals surface area contributed by atoms with Gasteiger partial charge in [0, 0.05) is 11.3 Å². The second-order valence-corrected chi connectivity index (χ2v) is 3.96. The molecule has 0 atom stereocenters.